The van der Waals surface area contributed by atoms with Crippen molar-refractivity contribution in [2.75, 3.05) is 13.1 Å². The van der Waals surface area contributed by atoms with Crippen LogP contribution in [0.2, 0.25) is 0 Å². The van der Waals surface area contributed by atoms with Gasteiger partial charge in [0, 0.05) is 13.1 Å². The molecule has 0 radical (unpaired) electrons. The van der Waals surface area contributed by atoms with E-state index in [-0.39, 0.29) is 6.10 Å². The molecule has 0 spiro atoms. The number of benzene rings is 1. The summed E-state index contributed by atoms with van der Waals surface area (Å²) >= 11 is 0. The summed E-state index contributed by atoms with van der Waals surface area (Å²) < 4.78 is 5.71. The molecule has 1 heterocycles. The number of aliphatic hydroxyl groups is 1. The Morgan fingerprint density at radius 3 is 2.79 bits per heavy atom. The fourth-order valence-corrected chi connectivity index (χ4v) is 1.61. The van der Waals surface area contributed by atoms with Crippen molar-refractivity contribution in [1.82, 2.24) is 5.32 Å². The first-order valence-corrected chi connectivity index (χ1v) is 4.88. The van der Waals surface area contributed by atoms with Crippen molar-refractivity contribution >= 4 is 0 Å². The standard InChI is InChI=1S/C11H15NO2/c1-8-4-2-3-5-10(8)14-11-7-12-6-9(11)13/h2-5,9,11-13H,6-7H2,1H3. The van der Waals surface area contributed by atoms with Crippen molar-refractivity contribution in [1.29, 1.82) is 0 Å². The molecule has 0 aromatic heterocycles. The highest BCUT2D eigenvalue weighted by molar-refractivity contribution is 5.32. The first kappa shape index (κ1) is 9.49. The van der Waals surface area contributed by atoms with Gasteiger partial charge in [0.1, 0.15) is 18.0 Å². The SMILES string of the molecule is Cc1ccccc1OC1CNCC1O. The Morgan fingerprint density at radius 1 is 1.36 bits per heavy atom. The summed E-state index contributed by atoms with van der Waals surface area (Å²) in [5.41, 5.74) is 1.10. The quantitative estimate of drug-likeness (QED) is 0.726. The van der Waals surface area contributed by atoms with E-state index in [4.69, 9.17) is 4.74 Å². The third kappa shape index (κ3) is 1.89. The molecule has 2 rings (SSSR count). The van der Waals surface area contributed by atoms with Crippen molar-refractivity contribution in [2.24, 2.45) is 0 Å². The Hall–Kier alpha value is -1.06. The minimum atomic E-state index is -0.394. The second kappa shape index (κ2) is 3.98. The van der Waals surface area contributed by atoms with Gasteiger partial charge < -0.3 is 15.2 Å². The number of para-hydroxylation sites is 1. The first-order chi connectivity index (χ1) is 6.77. The summed E-state index contributed by atoms with van der Waals surface area (Å²) in [5, 5.41) is 12.6. The number of hydrogen-bond acceptors (Lipinski definition) is 3. The van der Waals surface area contributed by atoms with Gasteiger partial charge in [-0.1, -0.05) is 18.2 Å². The van der Waals surface area contributed by atoms with E-state index >= 15 is 0 Å². The molecule has 76 valence electrons. The summed E-state index contributed by atoms with van der Waals surface area (Å²) in [6.07, 6.45) is -0.509. The second-order valence-corrected chi connectivity index (χ2v) is 3.65. The fraction of sp³-hybridized carbons (Fsp3) is 0.455. The molecule has 2 N–H and O–H groups in total. The Morgan fingerprint density at radius 2 is 2.14 bits per heavy atom. The average molecular weight is 193 g/mol. The summed E-state index contributed by atoms with van der Waals surface area (Å²) in [4.78, 5) is 0. The third-order valence-electron chi connectivity index (χ3n) is 2.50. The average Bonchev–Trinajstić information content (AvgIpc) is 2.56. The van der Waals surface area contributed by atoms with Gasteiger partial charge in [-0.25, -0.2) is 0 Å². The fourth-order valence-electron chi connectivity index (χ4n) is 1.61. The maximum atomic E-state index is 9.55. The molecule has 2 unspecified atom stereocenters. The Labute approximate surface area is 83.7 Å². The van der Waals surface area contributed by atoms with Crippen LogP contribution in [0.25, 0.3) is 0 Å². The zero-order valence-corrected chi connectivity index (χ0v) is 8.23. The lowest BCUT2D eigenvalue weighted by atomic mass is 10.2. The van der Waals surface area contributed by atoms with Crippen LogP contribution in [0.15, 0.2) is 24.3 Å². The number of nitrogens with one attached hydrogen (secondary N) is 1. The van der Waals surface area contributed by atoms with Crippen molar-refractivity contribution in [3.63, 3.8) is 0 Å². The van der Waals surface area contributed by atoms with Crippen LogP contribution in [0, 0.1) is 6.92 Å². The van der Waals surface area contributed by atoms with E-state index < -0.39 is 6.10 Å². The molecule has 1 aromatic rings. The number of rotatable bonds is 2. The van der Waals surface area contributed by atoms with Crippen LogP contribution in [0.3, 0.4) is 0 Å². The topological polar surface area (TPSA) is 41.5 Å². The van der Waals surface area contributed by atoms with Crippen LogP contribution in [0.4, 0.5) is 0 Å². The van der Waals surface area contributed by atoms with Crippen LogP contribution in [-0.2, 0) is 0 Å². The molecule has 14 heavy (non-hydrogen) atoms. The number of ether oxygens (including phenoxy) is 1. The Bertz CT molecular complexity index is 314. The largest absolute Gasteiger partial charge is 0.486 e. The van der Waals surface area contributed by atoms with Crippen molar-refractivity contribution in [3.8, 4) is 5.75 Å². The predicted molar refractivity (Wildman–Crippen MR) is 54.5 cm³/mol. The molecule has 0 aliphatic carbocycles. The van der Waals surface area contributed by atoms with Gasteiger partial charge in [-0.15, -0.1) is 0 Å². The lowest BCUT2D eigenvalue weighted by Gasteiger charge is -2.17. The van der Waals surface area contributed by atoms with Crippen LogP contribution in [0.5, 0.6) is 5.75 Å². The smallest absolute Gasteiger partial charge is 0.138 e. The van der Waals surface area contributed by atoms with Gasteiger partial charge in [0.25, 0.3) is 0 Å². The van der Waals surface area contributed by atoms with Gasteiger partial charge >= 0.3 is 0 Å². The number of β-amino-alcohol motifs (C(OH)–C–C–N with tert-alkyl or cyclic N) is 1. The van der Waals surface area contributed by atoms with Gasteiger partial charge in [0.2, 0.25) is 0 Å². The Balaban J connectivity index is 2.07. The molecular weight excluding hydrogens is 178 g/mol. The molecular formula is C11H15NO2. The van der Waals surface area contributed by atoms with E-state index in [0.717, 1.165) is 17.9 Å². The van der Waals surface area contributed by atoms with Gasteiger partial charge in [-0.05, 0) is 18.6 Å². The third-order valence-corrected chi connectivity index (χ3v) is 2.50. The molecule has 2 atom stereocenters. The van der Waals surface area contributed by atoms with Crippen LogP contribution >= 0.6 is 0 Å². The monoisotopic (exact) mass is 193 g/mol. The minimum Gasteiger partial charge on any atom is -0.486 e. The lowest BCUT2D eigenvalue weighted by molar-refractivity contribution is 0.0733. The molecule has 0 saturated carbocycles. The maximum Gasteiger partial charge on any atom is 0.138 e. The summed E-state index contributed by atoms with van der Waals surface area (Å²) in [6, 6.07) is 7.85. The molecule has 0 bridgehead atoms. The van der Waals surface area contributed by atoms with Gasteiger partial charge in [0.05, 0.1) is 0 Å². The zero-order valence-electron chi connectivity index (χ0n) is 8.23. The number of hydrogen-bond donors (Lipinski definition) is 2. The molecule has 3 heteroatoms. The Kier molecular flexibility index (Phi) is 2.70. The second-order valence-electron chi connectivity index (χ2n) is 3.65. The van der Waals surface area contributed by atoms with Crippen molar-refractivity contribution < 1.29 is 9.84 Å². The van der Waals surface area contributed by atoms with Gasteiger partial charge in [0.15, 0.2) is 0 Å². The molecule has 1 fully saturated rings. The zero-order chi connectivity index (χ0) is 9.97. The highest BCUT2D eigenvalue weighted by Crippen LogP contribution is 2.19. The first-order valence-electron chi connectivity index (χ1n) is 4.88. The predicted octanol–water partition coefficient (Wildman–Crippen LogP) is 0.707. The normalized spacial score (nSPS) is 26.4. The maximum absolute atomic E-state index is 9.55. The summed E-state index contributed by atoms with van der Waals surface area (Å²) in [6.45, 7) is 3.34. The van der Waals surface area contributed by atoms with E-state index in [9.17, 15) is 5.11 Å². The summed E-state index contributed by atoms with van der Waals surface area (Å²) in [5.74, 6) is 0.861. The lowest BCUT2D eigenvalue weighted by Crippen LogP contribution is -2.30. The van der Waals surface area contributed by atoms with Gasteiger partial charge in [-0.2, -0.15) is 0 Å². The van der Waals surface area contributed by atoms with E-state index in [2.05, 4.69) is 5.32 Å². The molecule has 0 amide bonds. The van der Waals surface area contributed by atoms with E-state index in [1.165, 1.54) is 0 Å². The van der Waals surface area contributed by atoms with Crippen molar-refractivity contribution in [2.45, 2.75) is 19.1 Å². The van der Waals surface area contributed by atoms with Crippen LogP contribution < -0.4 is 10.1 Å². The highest BCUT2D eigenvalue weighted by Gasteiger charge is 2.26. The summed E-state index contributed by atoms with van der Waals surface area (Å²) in [7, 11) is 0. The van der Waals surface area contributed by atoms with Crippen LogP contribution in [0.1, 0.15) is 5.56 Å². The molecule has 1 saturated heterocycles. The molecule has 1 aromatic carbocycles. The highest BCUT2D eigenvalue weighted by atomic mass is 16.5. The number of aliphatic hydroxyl groups excluding tert-OH is 1. The molecule has 1 aliphatic heterocycles. The van der Waals surface area contributed by atoms with E-state index in [1.807, 2.05) is 31.2 Å². The van der Waals surface area contributed by atoms with Crippen LogP contribution in [-0.4, -0.2) is 30.4 Å². The van der Waals surface area contributed by atoms with E-state index in [0.29, 0.717) is 6.54 Å². The van der Waals surface area contributed by atoms with Gasteiger partial charge in [-0.3, -0.25) is 0 Å². The van der Waals surface area contributed by atoms with Crippen molar-refractivity contribution in [3.05, 3.63) is 29.8 Å². The van der Waals surface area contributed by atoms with E-state index in [1.54, 1.807) is 0 Å². The number of aryl methyl sites for hydroxylation is 1. The molecule has 3 nitrogen and oxygen atoms in total. The minimum absolute atomic E-state index is 0.115. The molecule has 1 aliphatic rings.